The molecule has 1 unspecified atom stereocenters. The SMILES string of the molecule is CC1COC(c2ccccc2Br)=N1. The smallest absolute Gasteiger partial charge is 0.217 e. The zero-order chi connectivity index (χ0) is 9.26. The van der Waals surface area contributed by atoms with Crippen LogP contribution < -0.4 is 0 Å². The molecular formula is C10H10BrNO. The molecule has 1 aromatic rings. The minimum absolute atomic E-state index is 0.280. The maximum Gasteiger partial charge on any atom is 0.217 e. The second-order valence-corrected chi connectivity index (χ2v) is 3.93. The van der Waals surface area contributed by atoms with Gasteiger partial charge in [-0.1, -0.05) is 12.1 Å². The summed E-state index contributed by atoms with van der Waals surface area (Å²) in [6.07, 6.45) is 0. The minimum Gasteiger partial charge on any atom is -0.475 e. The molecule has 0 amide bonds. The minimum atomic E-state index is 0.280. The van der Waals surface area contributed by atoms with Crippen molar-refractivity contribution < 1.29 is 4.74 Å². The van der Waals surface area contributed by atoms with Crippen molar-refractivity contribution >= 4 is 21.8 Å². The van der Waals surface area contributed by atoms with Crippen molar-refractivity contribution in [3.63, 3.8) is 0 Å². The molecule has 1 heterocycles. The van der Waals surface area contributed by atoms with E-state index in [0.29, 0.717) is 6.61 Å². The van der Waals surface area contributed by atoms with Crippen molar-refractivity contribution in [2.45, 2.75) is 13.0 Å². The lowest BCUT2D eigenvalue weighted by Crippen LogP contribution is -2.02. The molecule has 1 aromatic carbocycles. The fraction of sp³-hybridized carbons (Fsp3) is 0.300. The van der Waals surface area contributed by atoms with Crippen LogP contribution in [0.5, 0.6) is 0 Å². The van der Waals surface area contributed by atoms with Crippen LogP contribution in [0, 0.1) is 0 Å². The number of benzene rings is 1. The molecule has 0 saturated heterocycles. The highest BCUT2D eigenvalue weighted by atomic mass is 79.9. The van der Waals surface area contributed by atoms with Crippen molar-refractivity contribution in [1.82, 2.24) is 0 Å². The number of hydrogen-bond acceptors (Lipinski definition) is 2. The van der Waals surface area contributed by atoms with E-state index in [0.717, 1.165) is 15.9 Å². The first-order valence-electron chi connectivity index (χ1n) is 4.23. The van der Waals surface area contributed by atoms with Crippen molar-refractivity contribution in [2.24, 2.45) is 4.99 Å². The maximum absolute atomic E-state index is 5.45. The van der Waals surface area contributed by atoms with Crippen LogP contribution in [0.25, 0.3) is 0 Å². The summed E-state index contributed by atoms with van der Waals surface area (Å²) in [5.41, 5.74) is 1.03. The van der Waals surface area contributed by atoms with Gasteiger partial charge in [0.1, 0.15) is 6.61 Å². The molecule has 68 valence electrons. The van der Waals surface area contributed by atoms with Crippen molar-refractivity contribution in [1.29, 1.82) is 0 Å². The highest BCUT2D eigenvalue weighted by Gasteiger charge is 2.17. The Morgan fingerprint density at radius 3 is 2.85 bits per heavy atom. The second kappa shape index (κ2) is 3.50. The maximum atomic E-state index is 5.45. The molecule has 0 spiro atoms. The van der Waals surface area contributed by atoms with E-state index in [1.54, 1.807) is 0 Å². The first-order chi connectivity index (χ1) is 6.27. The van der Waals surface area contributed by atoms with E-state index in [9.17, 15) is 0 Å². The first-order valence-corrected chi connectivity index (χ1v) is 5.02. The molecule has 13 heavy (non-hydrogen) atoms. The van der Waals surface area contributed by atoms with E-state index >= 15 is 0 Å². The van der Waals surface area contributed by atoms with Gasteiger partial charge < -0.3 is 4.74 Å². The van der Waals surface area contributed by atoms with Gasteiger partial charge >= 0.3 is 0 Å². The van der Waals surface area contributed by atoms with Crippen LogP contribution in [0.2, 0.25) is 0 Å². The Morgan fingerprint density at radius 2 is 2.23 bits per heavy atom. The number of hydrogen-bond donors (Lipinski definition) is 0. The van der Waals surface area contributed by atoms with Crippen LogP contribution in [-0.2, 0) is 4.74 Å². The van der Waals surface area contributed by atoms with Crippen LogP contribution in [-0.4, -0.2) is 18.5 Å². The third-order valence-electron chi connectivity index (χ3n) is 1.90. The zero-order valence-electron chi connectivity index (χ0n) is 7.33. The van der Waals surface area contributed by atoms with Gasteiger partial charge in [-0.3, -0.25) is 0 Å². The fourth-order valence-electron chi connectivity index (χ4n) is 1.26. The summed E-state index contributed by atoms with van der Waals surface area (Å²) in [6, 6.07) is 8.23. The summed E-state index contributed by atoms with van der Waals surface area (Å²) in [5, 5.41) is 0. The van der Waals surface area contributed by atoms with E-state index in [-0.39, 0.29) is 6.04 Å². The van der Waals surface area contributed by atoms with Crippen molar-refractivity contribution in [3.8, 4) is 0 Å². The molecule has 0 aliphatic carbocycles. The lowest BCUT2D eigenvalue weighted by atomic mass is 10.2. The Balaban J connectivity index is 2.36. The lowest BCUT2D eigenvalue weighted by Gasteiger charge is -2.02. The molecule has 2 rings (SSSR count). The highest BCUT2D eigenvalue weighted by Crippen LogP contribution is 2.20. The topological polar surface area (TPSA) is 21.6 Å². The standard InChI is InChI=1S/C10H10BrNO/c1-7-6-13-10(12-7)8-4-2-3-5-9(8)11/h2-5,7H,6H2,1H3. The van der Waals surface area contributed by atoms with Crippen LogP contribution >= 0.6 is 15.9 Å². The molecule has 3 heteroatoms. The third kappa shape index (κ3) is 1.75. The Kier molecular flexibility index (Phi) is 2.36. The normalized spacial score (nSPS) is 21.1. The summed E-state index contributed by atoms with van der Waals surface area (Å²) in [7, 11) is 0. The highest BCUT2D eigenvalue weighted by molar-refractivity contribution is 9.10. The molecule has 0 aromatic heterocycles. The largest absolute Gasteiger partial charge is 0.475 e. The van der Waals surface area contributed by atoms with E-state index in [1.165, 1.54) is 0 Å². The molecule has 0 N–H and O–H groups in total. The number of aliphatic imine (C=N–C) groups is 1. The average Bonchev–Trinajstić information content (AvgIpc) is 2.53. The summed E-state index contributed by atoms with van der Waals surface area (Å²) in [6.45, 7) is 2.74. The summed E-state index contributed by atoms with van der Waals surface area (Å²) in [5.74, 6) is 0.750. The molecule has 1 aliphatic heterocycles. The number of rotatable bonds is 1. The third-order valence-corrected chi connectivity index (χ3v) is 2.59. The first kappa shape index (κ1) is 8.75. The van der Waals surface area contributed by atoms with Gasteiger partial charge in [-0.25, -0.2) is 4.99 Å². The predicted octanol–water partition coefficient (Wildman–Crippen LogP) is 2.61. The average molecular weight is 240 g/mol. The molecule has 1 aliphatic rings. The van der Waals surface area contributed by atoms with Crippen LogP contribution in [0.4, 0.5) is 0 Å². The van der Waals surface area contributed by atoms with Crippen LogP contribution in [0.1, 0.15) is 12.5 Å². The number of ether oxygens (including phenoxy) is 1. The van der Waals surface area contributed by atoms with Gasteiger partial charge in [-0.15, -0.1) is 0 Å². The molecule has 0 fully saturated rings. The van der Waals surface area contributed by atoms with E-state index in [2.05, 4.69) is 20.9 Å². The Bertz CT molecular complexity index is 349. The van der Waals surface area contributed by atoms with Gasteiger partial charge in [-0.05, 0) is 35.0 Å². The number of nitrogens with zero attached hydrogens (tertiary/aromatic N) is 1. The van der Waals surface area contributed by atoms with E-state index in [4.69, 9.17) is 4.74 Å². The van der Waals surface area contributed by atoms with Crippen molar-refractivity contribution in [3.05, 3.63) is 34.3 Å². The second-order valence-electron chi connectivity index (χ2n) is 3.07. The molecule has 2 nitrogen and oxygen atoms in total. The van der Waals surface area contributed by atoms with Crippen LogP contribution in [0.15, 0.2) is 33.7 Å². The molecular weight excluding hydrogens is 230 g/mol. The predicted molar refractivity (Wildman–Crippen MR) is 56.1 cm³/mol. The van der Waals surface area contributed by atoms with Crippen LogP contribution in [0.3, 0.4) is 0 Å². The summed E-state index contributed by atoms with van der Waals surface area (Å²) < 4.78 is 6.48. The Labute approximate surface area is 85.8 Å². The van der Waals surface area contributed by atoms with Gasteiger partial charge in [0.25, 0.3) is 0 Å². The molecule has 0 bridgehead atoms. The van der Waals surface area contributed by atoms with Gasteiger partial charge in [-0.2, -0.15) is 0 Å². The summed E-state index contributed by atoms with van der Waals surface area (Å²) >= 11 is 3.47. The Morgan fingerprint density at radius 1 is 1.46 bits per heavy atom. The monoisotopic (exact) mass is 239 g/mol. The molecule has 1 atom stereocenters. The van der Waals surface area contributed by atoms with E-state index < -0.39 is 0 Å². The quantitative estimate of drug-likeness (QED) is 0.739. The molecule has 0 radical (unpaired) electrons. The summed E-state index contributed by atoms with van der Waals surface area (Å²) in [4.78, 5) is 4.38. The lowest BCUT2D eigenvalue weighted by molar-refractivity contribution is 0.324. The number of halogens is 1. The molecule has 0 saturated carbocycles. The fourth-order valence-corrected chi connectivity index (χ4v) is 1.71. The van der Waals surface area contributed by atoms with Gasteiger partial charge in [0.05, 0.1) is 11.6 Å². The Hall–Kier alpha value is -0.830. The van der Waals surface area contributed by atoms with Gasteiger partial charge in [0.2, 0.25) is 5.90 Å². The van der Waals surface area contributed by atoms with Crippen molar-refractivity contribution in [2.75, 3.05) is 6.61 Å². The van der Waals surface area contributed by atoms with Gasteiger partial charge in [0.15, 0.2) is 0 Å². The van der Waals surface area contributed by atoms with E-state index in [1.807, 2.05) is 31.2 Å². The zero-order valence-corrected chi connectivity index (χ0v) is 8.91. The van der Waals surface area contributed by atoms with Gasteiger partial charge in [0, 0.05) is 4.47 Å².